The Labute approximate surface area is 120 Å². The molecule has 2 heterocycles. The second-order valence-electron chi connectivity index (χ2n) is 4.71. The van der Waals surface area contributed by atoms with Crippen LogP contribution >= 0.6 is 0 Å². The van der Waals surface area contributed by atoms with Gasteiger partial charge in [0, 0.05) is 5.92 Å². The number of anilines is 2. The minimum absolute atomic E-state index is 0.0113. The zero-order chi connectivity index (χ0) is 15.6. The van der Waals surface area contributed by atoms with Crippen molar-refractivity contribution in [3.63, 3.8) is 0 Å². The van der Waals surface area contributed by atoms with Crippen LogP contribution in [0.2, 0.25) is 0 Å². The Morgan fingerprint density at radius 2 is 1.86 bits per heavy atom. The van der Waals surface area contributed by atoms with Gasteiger partial charge in [0.05, 0.1) is 5.69 Å². The van der Waals surface area contributed by atoms with Gasteiger partial charge in [-0.25, -0.2) is 4.79 Å². The lowest BCUT2D eigenvalue weighted by Crippen LogP contribution is -2.12. The highest BCUT2D eigenvalue weighted by molar-refractivity contribution is 5.91. The van der Waals surface area contributed by atoms with E-state index in [1.54, 1.807) is 6.92 Å². The summed E-state index contributed by atoms with van der Waals surface area (Å²) in [6.45, 7) is 5.29. The van der Waals surface area contributed by atoms with Crippen LogP contribution < -0.4 is 11.5 Å². The second-order valence-corrected chi connectivity index (χ2v) is 4.71. The number of aromatic nitrogens is 4. The van der Waals surface area contributed by atoms with Crippen molar-refractivity contribution in [1.82, 2.24) is 20.1 Å². The van der Waals surface area contributed by atoms with Crippen molar-refractivity contribution in [1.29, 1.82) is 0 Å². The fraction of sp³-hybridized carbons (Fsp3) is 0.417. The maximum Gasteiger partial charge on any atom is 0.344 e. The van der Waals surface area contributed by atoms with E-state index in [4.69, 9.17) is 20.7 Å². The molecule has 2 rings (SSSR count). The second kappa shape index (κ2) is 5.73. The zero-order valence-corrected chi connectivity index (χ0v) is 12.0. The van der Waals surface area contributed by atoms with Crippen molar-refractivity contribution in [2.75, 3.05) is 11.5 Å². The number of carbonyl (C=O) groups excluding carboxylic acids is 1. The summed E-state index contributed by atoms with van der Waals surface area (Å²) in [6.07, 6.45) is 0. The topological polar surface area (TPSA) is 143 Å². The molecule has 0 fully saturated rings. The standard InChI is InChI=1S/C12H16N6O3/c1-5(2)9-8(6(3)18-21-9)10(19)20-4-7-15-11(13)17-12(14)16-7/h5H,4H2,1-3H3,(H4,13,14,15,16,17). The molecule has 9 heteroatoms. The third-order valence-electron chi connectivity index (χ3n) is 2.67. The van der Waals surface area contributed by atoms with Gasteiger partial charge in [-0.15, -0.1) is 0 Å². The molecule has 0 aromatic carbocycles. The summed E-state index contributed by atoms with van der Waals surface area (Å²) in [7, 11) is 0. The van der Waals surface area contributed by atoms with E-state index in [-0.39, 0.29) is 30.2 Å². The smallest absolute Gasteiger partial charge is 0.344 e. The Kier molecular flexibility index (Phi) is 4.01. The SMILES string of the molecule is Cc1noc(C(C)C)c1C(=O)OCc1nc(N)nc(N)n1. The first-order valence-corrected chi connectivity index (χ1v) is 6.27. The van der Waals surface area contributed by atoms with Crippen LogP contribution in [0.4, 0.5) is 11.9 Å². The molecule has 0 atom stereocenters. The van der Waals surface area contributed by atoms with E-state index in [1.807, 2.05) is 13.8 Å². The molecule has 0 spiro atoms. The molecule has 0 unspecified atom stereocenters. The number of carbonyl (C=O) groups is 1. The molecule has 0 saturated carbocycles. The molecular weight excluding hydrogens is 276 g/mol. The summed E-state index contributed by atoms with van der Waals surface area (Å²) >= 11 is 0. The fourth-order valence-electron chi connectivity index (χ4n) is 1.75. The minimum atomic E-state index is -0.560. The lowest BCUT2D eigenvalue weighted by molar-refractivity contribution is 0.0458. The first-order valence-electron chi connectivity index (χ1n) is 6.27. The average Bonchev–Trinajstić information content (AvgIpc) is 2.77. The number of nitrogens with zero attached hydrogens (tertiary/aromatic N) is 4. The molecule has 4 N–H and O–H groups in total. The van der Waals surface area contributed by atoms with Crippen LogP contribution in [0.25, 0.3) is 0 Å². The van der Waals surface area contributed by atoms with Crippen LogP contribution in [0.3, 0.4) is 0 Å². The predicted octanol–water partition coefficient (Wildman–Crippen LogP) is 0.813. The minimum Gasteiger partial charge on any atom is -0.454 e. The Bertz CT molecular complexity index is 647. The van der Waals surface area contributed by atoms with E-state index in [0.717, 1.165) is 0 Å². The van der Waals surface area contributed by atoms with Gasteiger partial charge in [-0.05, 0) is 6.92 Å². The lowest BCUT2D eigenvalue weighted by atomic mass is 10.1. The molecule has 0 aliphatic carbocycles. The van der Waals surface area contributed by atoms with E-state index < -0.39 is 5.97 Å². The number of rotatable bonds is 4. The molecular formula is C12H16N6O3. The highest BCUT2D eigenvalue weighted by atomic mass is 16.5. The summed E-state index contributed by atoms with van der Waals surface area (Å²) in [4.78, 5) is 23.4. The summed E-state index contributed by atoms with van der Waals surface area (Å²) in [6, 6.07) is 0. The molecule has 2 aromatic rings. The summed E-state index contributed by atoms with van der Waals surface area (Å²) in [5.41, 5.74) is 11.7. The van der Waals surface area contributed by atoms with Gasteiger partial charge in [-0.3, -0.25) is 0 Å². The number of aryl methyl sites for hydroxylation is 1. The monoisotopic (exact) mass is 292 g/mol. The first kappa shape index (κ1) is 14.7. The molecule has 112 valence electrons. The summed E-state index contributed by atoms with van der Waals surface area (Å²) in [5.74, 6) is 0.0445. The number of esters is 1. The van der Waals surface area contributed by atoms with Crippen molar-refractivity contribution in [2.45, 2.75) is 33.3 Å². The van der Waals surface area contributed by atoms with E-state index in [0.29, 0.717) is 17.0 Å². The maximum absolute atomic E-state index is 12.1. The van der Waals surface area contributed by atoms with Crippen molar-refractivity contribution >= 4 is 17.9 Å². The molecule has 0 aliphatic heterocycles. The highest BCUT2D eigenvalue weighted by Crippen LogP contribution is 2.23. The van der Waals surface area contributed by atoms with Gasteiger partial charge in [0.15, 0.2) is 18.2 Å². The number of hydrogen-bond donors (Lipinski definition) is 2. The summed E-state index contributed by atoms with van der Waals surface area (Å²) < 4.78 is 10.3. The van der Waals surface area contributed by atoms with Gasteiger partial charge in [-0.2, -0.15) is 15.0 Å². The van der Waals surface area contributed by atoms with E-state index in [1.165, 1.54) is 0 Å². The average molecular weight is 292 g/mol. The molecule has 0 amide bonds. The molecule has 2 aromatic heterocycles. The largest absolute Gasteiger partial charge is 0.454 e. The van der Waals surface area contributed by atoms with Crippen LogP contribution in [0, 0.1) is 6.92 Å². The summed E-state index contributed by atoms with van der Waals surface area (Å²) in [5, 5.41) is 3.79. The van der Waals surface area contributed by atoms with Crippen LogP contribution in [-0.4, -0.2) is 26.1 Å². The van der Waals surface area contributed by atoms with Gasteiger partial charge < -0.3 is 20.7 Å². The van der Waals surface area contributed by atoms with Crippen molar-refractivity contribution in [3.8, 4) is 0 Å². The molecule has 0 radical (unpaired) electrons. The first-order chi connectivity index (χ1) is 9.88. The molecule has 0 aliphatic rings. The van der Waals surface area contributed by atoms with E-state index >= 15 is 0 Å². The molecule has 9 nitrogen and oxygen atoms in total. The van der Waals surface area contributed by atoms with Gasteiger partial charge >= 0.3 is 5.97 Å². The normalized spacial score (nSPS) is 10.9. The van der Waals surface area contributed by atoms with Crippen LogP contribution in [-0.2, 0) is 11.3 Å². The van der Waals surface area contributed by atoms with Crippen LogP contribution in [0.15, 0.2) is 4.52 Å². The fourth-order valence-corrected chi connectivity index (χ4v) is 1.75. The van der Waals surface area contributed by atoms with Crippen molar-refractivity contribution in [3.05, 3.63) is 22.8 Å². The molecule has 0 saturated heterocycles. The Morgan fingerprint density at radius 3 is 2.43 bits per heavy atom. The quantitative estimate of drug-likeness (QED) is 0.782. The third-order valence-corrected chi connectivity index (χ3v) is 2.67. The molecule has 0 bridgehead atoms. The number of ether oxygens (including phenoxy) is 1. The number of hydrogen-bond acceptors (Lipinski definition) is 9. The van der Waals surface area contributed by atoms with Crippen molar-refractivity contribution < 1.29 is 14.1 Å². The molecule has 21 heavy (non-hydrogen) atoms. The Morgan fingerprint density at radius 1 is 1.24 bits per heavy atom. The Hall–Kier alpha value is -2.71. The number of nitrogen functional groups attached to an aromatic ring is 2. The van der Waals surface area contributed by atoms with Gasteiger partial charge in [0.25, 0.3) is 0 Å². The Balaban J connectivity index is 2.13. The van der Waals surface area contributed by atoms with E-state index in [2.05, 4.69) is 20.1 Å². The maximum atomic E-state index is 12.1. The van der Waals surface area contributed by atoms with E-state index in [9.17, 15) is 4.79 Å². The van der Waals surface area contributed by atoms with Crippen molar-refractivity contribution in [2.24, 2.45) is 0 Å². The predicted molar refractivity (Wildman–Crippen MR) is 73.1 cm³/mol. The van der Waals surface area contributed by atoms with Gasteiger partial charge in [0.2, 0.25) is 11.9 Å². The third kappa shape index (κ3) is 3.25. The zero-order valence-electron chi connectivity index (χ0n) is 12.0. The van der Waals surface area contributed by atoms with Gasteiger partial charge in [-0.1, -0.05) is 19.0 Å². The highest BCUT2D eigenvalue weighted by Gasteiger charge is 2.24. The van der Waals surface area contributed by atoms with Gasteiger partial charge in [0.1, 0.15) is 5.56 Å². The number of nitrogens with two attached hydrogens (primary N) is 2. The van der Waals surface area contributed by atoms with Crippen LogP contribution in [0.5, 0.6) is 0 Å². The van der Waals surface area contributed by atoms with Crippen LogP contribution in [0.1, 0.15) is 47.4 Å². The lowest BCUT2D eigenvalue weighted by Gasteiger charge is -2.06.